The van der Waals surface area contributed by atoms with Gasteiger partial charge in [0.15, 0.2) is 0 Å². The van der Waals surface area contributed by atoms with E-state index in [0.29, 0.717) is 0 Å². The first-order chi connectivity index (χ1) is 6.81. The van der Waals surface area contributed by atoms with Gasteiger partial charge in [-0.15, -0.1) is 0 Å². The maximum atomic E-state index is 5.56. The molecule has 1 atom stereocenters. The van der Waals surface area contributed by atoms with Gasteiger partial charge in [0.05, 0.1) is 0 Å². The van der Waals surface area contributed by atoms with Crippen LogP contribution >= 0.6 is 0 Å². The smallest absolute Gasteiger partial charge is 0.00993 e. The zero-order chi connectivity index (χ0) is 9.97. The molecule has 2 aliphatic carbocycles. The molecule has 82 valence electrons. The quantitative estimate of drug-likeness (QED) is 0.674. The molecular formula is C12H24N2. The molecule has 2 saturated carbocycles. The number of nitrogens with two attached hydrogens (primary N) is 1. The molecule has 0 saturated heterocycles. The van der Waals surface area contributed by atoms with Gasteiger partial charge in [0.1, 0.15) is 0 Å². The van der Waals surface area contributed by atoms with Gasteiger partial charge in [-0.3, -0.25) is 4.90 Å². The summed E-state index contributed by atoms with van der Waals surface area (Å²) in [6, 6.07) is 1.70. The lowest BCUT2D eigenvalue weighted by Crippen LogP contribution is -2.37. The highest BCUT2D eigenvalue weighted by Crippen LogP contribution is 2.36. The summed E-state index contributed by atoms with van der Waals surface area (Å²) in [5, 5.41) is 0. The van der Waals surface area contributed by atoms with E-state index in [1.54, 1.807) is 0 Å². The molecule has 0 heterocycles. The summed E-state index contributed by atoms with van der Waals surface area (Å²) in [6.07, 6.45) is 8.33. The maximum Gasteiger partial charge on any atom is 0.00993 e. The third-order valence-electron chi connectivity index (χ3n) is 3.57. The monoisotopic (exact) mass is 196 g/mol. The largest absolute Gasteiger partial charge is 0.330 e. The molecule has 0 aromatic carbocycles. The average Bonchev–Trinajstić information content (AvgIpc) is 3.02. The van der Waals surface area contributed by atoms with E-state index < -0.39 is 0 Å². The highest BCUT2D eigenvalue weighted by molar-refractivity contribution is 4.90. The van der Waals surface area contributed by atoms with Crippen molar-refractivity contribution < 1.29 is 0 Å². The van der Waals surface area contributed by atoms with Gasteiger partial charge < -0.3 is 5.73 Å². The van der Waals surface area contributed by atoms with Crippen LogP contribution in [0, 0.1) is 5.92 Å². The molecule has 0 radical (unpaired) electrons. The van der Waals surface area contributed by atoms with Crippen molar-refractivity contribution >= 4 is 0 Å². The fourth-order valence-corrected chi connectivity index (χ4v) is 2.27. The molecule has 2 heteroatoms. The molecule has 1 unspecified atom stereocenters. The Kier molecular flexibility index (Phi) is 3.45. The third kappa shape index (κ3) is 2.96. The van der Waals surface area contributed by atoms with Gasteiger partial charge in [-0.05, 0) is 57.9 Å². The van der Waals surface area contributed by atoms with Crippen molar-refractivity contribution in [2.24, 2.45) is 11.7 Å². The molecule has 0 spiro atoms. The number of rotatable bonds is 7. The first kappa shape index (κ1) is 10.4. The summed E-state index contributed by atoms with van der Waals surface area (Å²) in [6.45, 7) is 4.61. The van der Waals surface area contributed by atoms with Crippen molar-refractivity contribution in [2.45, 2.75) is 57.5 Å². The van der Waals surface area contributed by atoms with Crippen LogP contribution in [0.4, 0.5) is 0 Å². The van der Waals surface area contributed by atoms with Gasteiger partial charge in [-0.25, -0.2) is 0 Å². The van der Waals surface area contributed by atoms with Crippen LogP contribution in [0.2, 0.25) is 0 Å². The van der Waals surface area contributed by atoms with Crippen LogP contribution < -0.4 is 5.73 Å². The number of nitrogens with zero attached hydrogens (tertiary/aromatic N) is 1. The molecule has 14 heavy (non-hydrogen) atoms. The van der Waals surface area contributed by atoms with Crippen LogP contribution in [0.3, 0.4) is 0 Å². The molecule has 2 nitrogen and oxygen atoms in total. The minimum Gasteiger partial charge on any atom is -0.330 e. The lowest BCUT2D eigenvalue weighted by Gasteiger charge is -2.29. The van der Waals surface area contributed by atoms with Gasteiger partial charge in [0.25, 0.3) is 0 Å². The fourth-order valence-electron chi connectivity index (χ4n) is 2.27. The van der Waals surface area contributed by atoms with Gasteiger partial charge in [-0.2, -0.15) is 0 Å². The first-order valence-corrected chi connectivity index (χ1v) is 6.27. The average molecular weight is 196 g/mol. The highest BCUT2D eigenvalue weighted by Gasteiger charge is 2.35. The SMILES string of the molecule is CC(CCCN)N(CC1CC1)C1CC1. The van der Waals surface area contributed by atoms with E-state index in [2.05, 4.69) is 11.8 Å². The molecule has 2 rings (SSSR count). The van der Waals surface area contributed by atoms with Crippen molar-refractivity contribution in [2.75, 3.05) is 13.1 Å². The van der Waals surface area contributed by atoms with Crippen LogP contribution in [-0.4, -0.2) is 30.1 Å². The molecule has 0 aromatic rings. The van der Waals surface area contributed by atoms with Crippen molar-refractivity contribution in [3.05, 3.63) is 0 Å². The Morgan fingerprint density at radius 2 is 2.00 bits per heavy atom. The minimum atomic E-state index is 0.770. The second-order valence-electron chi connectivity index (χ2n) is 5.15. The van der Waals surface area contributed by atoms with Crippen molar-refractivity contribution in [1.29, 1.82) is 0 Å². The summed E-state index contributed by atoms with van der Waals surface area (Å²) < 4.78 is 0. The first-order valence-electron chi connectivity index (χ1n) is 6.27. The molecular weight excluding hydrogens is 172 g/mol. The second-order valence-corrected chi connectivity index (χ2v) is 5.15. The topological polar surface area (TPSA) is 29.3 Å². The van der Waals surface area contributed by atoms with Crippen LogP contribution in [-0.2, 0) is 0 Å². The Labute approximate surface area is 87.8 Å². The van der Waals surface area contributed by atoms with E-state index in [9.17, 15) is 0 Å². The molecule has 0 aliphatic heterocycles. The Hall–Kier alpha value is -0.0800. The summed E-state index contributed by atoms with van der Waals surface area (Å²) >= 11 is 0. The summed E-state index contributed by atoms with van der Waals surface area (Å²) in [7, 11) is 0. The Morgan fingerprint density at radius 1 is 1.29 bits per heavy atom. The lowest BCUT2D eigenvalue weighted by atomic mass is 10.1. The maximum absolute atomic E-state index is 5.56. The zero-order valence-electron chi connectivity index (χ0n) is 9.41. The molecule has 0 amide bonds. The van der Waals surface area contributed by atoms with Crippen LogP contribution in [0.15, 0.2) is 0 Å². The van der Waals surface area contributed by atoms with E-state index in [1.165, 1.54) is 45.1 Å². The zero-order valence-corrected chi connectivity index (χ0v) is 9.41. The predicted octanol–water partition coefficient (Wildman–Crippen LogP) is 1.99. The number of hydrogen-bond donors (Lipinski definition) is 1. The third-order valence-corrected chi connectivity index (χ3v) is 3.57. The van der Waals surface area contributed by atoms with Crippen molar-refractivity contribution in [1.82, 2.24) is 4.90 Å². The fraction of sp³-hybridized carbons (Fsp3) is 1.00. The van der Waals surface area contributed by atoms with E-state index in [0.717, 1.165) is 24.5 Å². The Balaban J connectivity index is 1.75. The Morgan fingerprint density at radius 3 is 2.50 bits per heavy atom. The minimum absolute atomic E-state index is 0.770. The van der Waals surface area contributed by atoms with Gasteiger partial charge in [-0.1, -0.05) is 0 Å². The van der Waals surface area contributed by atoms with Gasteiger partial charge in [0, 0.05) is 18.6 Å². The summed E-state index contributed by atoms with van der Waals surface area (Å²) in [5.41, 5.74) is 5.56. The molecule has 2 aliphatic rings. The second kappa shape index (κ2) is 4.63. The van der Waals surface area contributed by atoms with E-state index in [1.807, 2.05) is 0 Å². The van der Waals surface area contributed by atoms with E-state index >= 15 is 0 Å². The van der Waals surface area contributed by atoms with E-state index in [-0.39, 0.29) is 0 Å². The molecule has 2 fully saturated rings. The standard InChI is InChI=1S/C12H24N2/c1-10(3-2-8-13)14(12-6-7-12)9-11-4-5-11/h10-12H,2-9,13H2,1H3. The summed E-state index contributed by atoms with van der Waals surface area (Å²) in [5.74, 6) is 1.04. The molecule has 0 bridgehead atoms. The molecule has 2 N–H and O–H groups in total. The van der Waals surface area contributed by atoms with Crippen LogP contribution in [0.25, 0.3) is 0 Å². The van der Waals surface area contributed by atoms with Crippen LogP contribution in [0.5, 0.6) is 0 Å². The normalized spacial score (nSPS) is 24.2. The molecule has 0 aromatic heterocycles. The Bertz CT molecular complexity index is 173. The number of hydrogen-bond acceptors (Lipinski definition) is 2. The van der Waals surface area contributed by atoms with Crippen LogP contribution in [0.1, 0.15) is 45.4 Å². The van der Waals surface area contributed by atoms with Gasteiger partial charge in [0.2, 0.25) is 0 Å². The van der Waals surface area contributed by atoms with E-state index in [4.69, 9.17) is 5.73 Å². The predicted molar refractivity (Wildman–Crippen MR) is 60.2 cm³/mol. The van der Waals surface area contributed by atoms with Crippen molar-refractivity contribution in [3.8, 4) is 0 Å². The van der Waals surface area contributed by atoms with Crippen molar-refractivity contribution in [3.63, 3.8) is 0 Å². The highest BCUT2D eigenvalue weighted by atomic mass is 15.2. The summed E-state index contributed by atoms with van der Waals surface area (Å²) in [4.78, 5) is 2.76. The lowest BCUT2D eigenvalue weighted by molar-refractivity contribution is 0.180. The van der Waals surface area contributed by atoms with Gasteiger partial charge >= 0.3 is 0 Å².